The maximum atomic E-state index is 12.0. The molecule has 0 atom stereocenters. The van der Waals surface area contributed by atoms with Crippen molar-refractivity contribution in [1.82, 2.24) is 9.97 Å². The predicted octanol–water partition coefficient (Wildman–Crippen LogP) is 4.40. The van der Waals surface area contributed by atoms with E-state index in [0.29, 0.717) is 21.3 Å². The molecule has 0 bridgehead atoms. The normalized spacial score (nSPS) is 11.3. The molecular weight excluding hydrogens is 307 g/mol. The van der Waals surface area contributed by atoms with E-state index in [-0.39, 0.29) is 5.56 Å². The van der Waals surface area contributed by atoms with E-state index < -0.39 is 0 Å². The fraction of sp³-hybridized carbons (Fsp3) is 0. The summed E-state index contributed by atoms with van der Waals surface area (Å²) in [6.45, 7) is 0. The molecule has 2 aromatic carbocycles. The van der Waals surface area contributed by atoms with Gasteiger partial charge in [-0.1, -0.05) is 47.5 Å². The van der Waals surface area contributed by atoms with Crippen molar-refractivity contribution in [3.05, 3.63) is 74.1 Å². The zero-order valence-corrected chi connectivity index (χ0v) is 12.3. The fourth-order valence-electron chi connectivity index (χ4n) is 1.96. The molecule has 0 aliphatic heterocycles. The second-order valence-electron chi connectivity index (χ2n) is 4.47. The van der Waals surface area contributed by atoms with Gasteiger partial charge < -0.3 is 4.98 Å². The zero-order chi connectivity index (χ0) is 14.8. The van der Waals surface area contributed by atoms with E-state index in [1.807, 2.05) is 24.3 Å². The lowest BCUT2D eigenvalue weighted by molar-refractivity contribution is 1.19. The molecular formula is C16H10Cl2N2O. The summed E-state index contributed by atoms with van der Waals surface area (Å²) < 4.78 is 0. The highest BCUT2D eigenvalue weighted by Gasteiger charge is 2.02. The van der Waals surface area contributed by atoms with Crippen molar-refractivity contribution in [2.24, 2.45) is 0 Å². The summed E-state index contributed by atoms with van der Waals surface area (Å²) in [7, 11) is 0. The molecule has 1 heterocycles. The molecule has 0 aliphatic rings. The van der Waals surface area contributed by atoms with Gasteiger partial charge in [-0.15, -0.1) is 0 Å². The van der Waals surface area contributed by atoms with Gasteiger partial charge in [0.15, 0.2) is 0 Å². The van der Waals surface area contributed by atoms with Crippen molar-refractivity contribution in [3.8, 4) is 0 Å². The number of aromatic nitrogens is 2. The second kappa shape index (κ2) is 5.72. The number of fused-ring (bicyclic) bond motifs is 1. The average Bonchev–Trinajstić information content (AvgIpc) is 2.46. The lowest BCUT2D eigenvalue weighted by atomic mass is 10.2. The molecule has 0 spiro atoms. The number of hydrogen-bond donors (Lipinski definition) is 1. The van der Waals surface area contributed by atoms with Crippen LogP contribution >= 0.6 is 23.2 Å². The Morgan fingerprint density at radius 1 is 1.05 bits per heavy atom. The molecule has 104 valence electrons. The zero-order valence-electron chi connectivity index (χ0n) is 10.8. The van der Waals surface area contributed by atoms with E-state index in [1.165, 1.54) is 0 Å². The molecule has 3 nitrogen and oxygen atoms in total. The molecule has 1 N–H and O–H groups in total. The van der Waals surface area contributed by atoms with E-state index in [0.717, 1.165) is 11.1 Å². The van der Waals surface area contributed by atoms with Crippen LogP contribution in [0.5, 0.6) is 0 Å². The third-order valence-corrected chi connectivity index (χ3v) is 3.57. The number of nitrogens with zero attached hydrogens (tertiary/aromatic N) is 1. The number of halogens is 2. The minimum Gasteiger partial charge on any atom is -0.319 e. The van der Waals surface area contributed by atoms with Crippen LogP contribution in [-0.2, 0) is 0 Å². The topological polar surface area (TPSA) is 45.8 Å². The van der Waals surface area contributed by atoms with Crippen molar-refractivity contribution in [3.63, 3.8) is 0 Å². The molecule has 1 aromatic heterocycles. The summed E-state index contributed by atoms with van der Waals surface area (Å²) in [5.41, 5.74) is 2.31. The Morgan fingerprint density at radius 2 is 1.86 bits per heavy atom. The van der Waals surface area contributed by atoms with Crippen molar-refractivity contribution >= 4 is 46.4 Å². The Morgan fingerprint density at radius 3 is 2.67 bits per heavy atom. The lowest BCUT2D eigenvalue weighted by Gasteiger charge is -2.00. The third kappa shape index (κ3) is 2.99. The van der Waals surface area contributed by atoms with Gasteiger partial charge in [0.2, 0.25) is 0 Å². The molecule has 0 fully saturated rings. The van der Waals surface area contributed by atoms with Gasteiger partial charge >= 0.3 is 0 Å². The number of para-hydroxylation sites is 2. The molecule has 3 rings (SSSR count). The van der Waals surface area contributed by atoms with Gasteiger partial charge in [-0.2, -0.15) is 0 Å². The fourth-order valence-corrected chi connectivity index (χ4v) is 2.43. The van der Waals surface area contributed by atoms with Crippen LogP contribution in [0.2, 0.25) is 10.0 Å². The summed E-state index contributed by atoms with van der Waals surface area (Å²) in [5, 5.41) is 1.09. The molecule has 0 amide bonds. The highest BCUT2D eigenvalue weighted by atomic mass is 35.5. The second-order valence-corrected chi connectivity index (χ2v) is 5.31. The van der Waals surface area contributed by atoms with Gasteiger partial charge in [0.1, 0.15) is 5.69 Å². The Hall–Kier alpha value is -2.10. The molecule has 21 heavy (non-hydrogen) atoms. The van der Waals surface area contributed by atoms with Crippen LogP contribution in [0.4, 0.5) is 0 Å². The molecule has 0 aliphatic carbocycles. The standard InChI is InChI=1S/C16H10Cl2N2O/c17-11-7-5-10(12(18)9-11)6-8-15-16(21)20-14-4-2-1-3-13(14)19-15/h1-9H,(H,20,21)/b8-6+. The smallest absolute Gasteiger partial charge is 0.274 e. The number of rotatable bonds is 2. The molecule has 0 saturated heterocycles. The highest BCUT2D eigenvalue weighted by molar-refractivity contribution is 6.35. The van der Waals surface area contributed by atoms with Gasteiger partial charge in [-0.3, -0.25) is 4.79 Å². The number of H-pyrrole nitrogens is 1. The molecule has 5 heteroatoms. The molecule has 0 unspecified atom stereocenters. The number of benzene rings is 2. The van der Waals surface area contributed by atoms with Crippen molar-refractivity contribution < 1.29 is 0 Å². The van der Waals surface area contributed by atoms with E-state index in [9.17, 15) is 4.79 Å². The van der Waals surface area contributed by atoms with E-state index in [1.54, 1.807) is 30.4 Å². The van der Waals surface area contributed by atoms with Gasteiger partial charge in [-0.25, -0.2) is 4.98 Å². The van der Waals surface area contributed by atoms with Crippen LogP contribution in [-0.4, -0.2) is 9.97 Å². The van der Waals surface area contributed by atoms with Crippen LogP contribution in [0.25, 0.3) is 23.2 Å². The van der Waals surface area contributed by atoms with Gasteiger partial charge in [0.25, 0.3) is 5.56 Å². The predicted molar refractivity (Wildman–Crippen MR) is 87.8 cm³/mol. The number of nitrogens with one attached hydrogen (secondary N) is 1. The van der Waals surface area contributed by atoms with Crippen molar-refractivity contribution in [1.29, 1.82) is 0 Å². The van der Waals surface area contributed by atoms with Crippen LogP contribution in [0.15, 0.2) is 47.3 Å². The van der Waals surface area contributed by atoms with Crippen LogP contribution in [0.1, 0.15) is 11.3 Å². The Balaban J connectivity index is 2.03. The maximum absolute atomic E-state index is 12.0. The summed E-state index contributed by atoms with van der Waals surface area (Å²) >= 11 is 11.9. The summed E-state index contributed by atoms with van der Waals surface area (Å²) in [4.78, 5) is 19.1. The first-order valence-electron chi connectivity index (χ1n) is 6.26. The Bertz CT molecular complexity index is 900. The van der Waals surface area contributed by atoms with E-state index in [4.69, 9.17) is 23.2 Å². The van der Waals surface area contributed by atoms with Crippen LogP contribution in [0, 0.1) is 0 Å². The van der Waals surface area contributed by atoms with Crippen LogP contribution < -0.4 is 5.56 Å². The van der Waals surface area contributed by atoms with Crippen molar-refractivity contribution in [2.45, 2.75) is 0 Å². The third-order valence-electron chi connectivity index (χ3n) is 3.01. The Kier molecular flexibility index (Phi) is 3.78. The summed E-state index contributed by atoms with van der Waals surface area (Å²) in [5.74, 6) is 0. The average molecular weight is 317 g/mol. The van der Waals surface area contributed by atoms with Gasteiger partial charge in [0, 0.05) is 10.0 Å². The summed E-state index contributed by atoms with van der Waals surface area (Å²) in [6, 6.07) is 12.6. The largest absolute Gasteiger partial charge is 0.319 e. The van der Waals surface area contributed by atoms with Gasteiger partial charge in [0.05, 0.1) is 11.0 Å². The lowest BCUT2D eigenvalue weighted by Crippen LogP contribution is -2.11. The first-order valence-corrected chi connectivity index (χ1v) is 7.01. The molecule has 3 aromatic rings. The summed E-state index contributed by atoms with van der Waals surface area (Å²) in [6.07, 6.45) is 3.38. The Labute approximate surface area is 130 Å². The first-order chi connectivity index (χ1) is 10.1. The van der Waals surface area contributed by atoms with E-state index >= 15 is 0 Å². The number of hydrogen-bond acceptors (Lipinski definition) is 2. The SMILES string of the molecule is O=c1[nH]c2ccccc2nc1/C=C/c1ccc(Cl)cc1Cl. The quantitative estimate of drug-likeness (QED) is 0.761. The highest BCUT2D eigenvalue weighted by Crippen LogP contribution is 2.22. The first kappa shape index (κ1) is 13.9. The number of aromatic amines is 1. The minimum atomic E-state index is -0.241. The maximum Gasteiger partial charge on any atom is 0.274 e. The van der Waals surface area contributed by atoms with E-state index in [2.05, 4.69) is 9.97 Å². The van der Waals surface area contributed by atoms with Crippen LogP contribution in [0.3, 0.4) is 0 Å². The monoisotopic (exact) mass is 316 g/mol. The van der Waals surface area contributed by atoms with Gasteiger partial charge in [-0.05, 0) is 35.9 Å². The van der Waals surface area contributed by atoms with Crippen molar-refractivity contribution in [2.75, 3.05) is 0 Å². The minimum absolute atomic E-state index is 0.241. The molecule has 0 saturated carbocycles. The molecule has 0 radical (unpaired) electrons.